The molecule has 184 valence electrons. The van der Waals surface area contributed by atoms with Gasteiger partial charge in [0.25, 0.3) is 5.91 Å². The summed E-state index contributed by atoms with van der Waals surface area (Å²) in [5.74, 6) is 1.09. The summed E-state index contributed by atoms with van der Waals surface area (Å²) in [5.41, 5.74) is 7.90. The van der Waals surface area contributed by atoms with E-state index in [2.05, 4.69) is 74.5 Å². The number of hydrogen-bond acceptors (Lipinski definition) is 2. The van der Waals surface area contributed by atoms with E-state index < -0.39 is 0 Å². The molecule has 2 heterocycles. The predicted molar refractivity (Wildman–Crippen MR) is 143 cm³/mol. The van der Waals surface area contributed by atoms with E-state index in [9.17, 15) is 9.18 Å². The predicted octanol–water partition coefficient (Wildman–Crippen LogP) is 7.35. The highest BCUT2D eigenvalue weighted by atomic mass is 19.1. The van der Waals surface area contributed by atoms with Gasteiger partial charge in [-0.2, -0.15) is 0 Å². The summed E-state index contributed by atoms with van der Waals surface area (Å²) in [7, 11) is 0. The Morgan fingerprint density at radius 2 is 2.03 bits per heavy atom. The van der Waals surface area contributed by atoms with Crippen LogP contribution in [0, 0.1) is 24.6 Å². The van der Waals surface area contributed by atoms with E-state index >= 15 is 0 Å². The van der Waals surface area contributed by atoms with Gasteiger partial charge < -0.3 is 10.2 Å². The zero-order valence-corrected chi connectivity index (χ0v) is 21.6. The average Bonchev–Trinajstić information content (AvgIpc) is 3.59. The summed E-state index contributed by atoms with van der Waals surface area (Å²) in [6.45, 7) is 11.0. The quantitative estimate of drug-likeness (QED) is 0.421. The van der Waals surface area contributed by atoms with Crippen LogP contribution in [0.4, 0.5) is 4.39 Å². The molecule has 1 aromatic carbocycles. The maximum absolute atomic E-state index is 14.0. The van der Waals surface area contributed by atoms with E-state index in [0.717, 1.165) is 53.2 Å². The van der Waals surface area contributed by atoms with Gasteiger partial charge in [-0.1, -0.05) is 44.2 Å². The number of rotatable bonds is 7. The smallest absolute Gasteiger partial charge is 0.267 e. The molecule has 1 amide bonds. The molecule has 1 saturated carbocycles. The van der Waals surface area contributed by atoms with Crippen molar-refractivity contribution in [2.45, 2.75) is 60.3 Å². The normalized spacial score (nSPS) is 22.4. The number of benzene rings is 1. The molecule has 0 aromatic heterocycles. The molecular formula is C31H37FN2O. The van der Waals surface area contributed by atoms with Crippen molar-refractivity contribution in [3.8, 4) is 0 Å². The van der Waals surface area contributed by atoms with Crippen molar-refractivity contribution in [1.29, 1.82) is 0 Å². The van der Waals surface area contributed by atoms with Gasteiger partial charge in [-0.3, -0.25) is 4.79 Å². The van der Waals surface area contributed by atoms with Crippen molar-refractivity contribution in [3.63, 3.8) is 0 Å². The Morgan fingerprint density at radius 1 is 1.26 bits per heavy atom. The van der Waals surface area contributed by atoms with Gasteiger partial charge in [0, 0.05) is 18.4 Å². The summed E-state index contributed by atoms with van der Waals surface area (Å²) >= 11 is 0. The Labute approximate surface area is 209 Å². The molecule has 2 unspecified atom stereocenters. The molecule has 2 atom stereocenters. The van der Waals surface area contributed by atoms with Crippen LogP contribution in [0.25, 0.3) is 5.57 Å². The fourth-order valence-electron chi connectivity index (χ4n) is 4.70. The third-order valence-corrected chi connectivity index (χ3v) is 7.26. The van der Waals surface area contributed by atoms with Crippen molar-refractivity contribution in [3.05, 3.63) is 99.8 Å². The molecule has 4 heteroatoms. The van der Waals surface area contributed by atoms with Gasteiger partial charge in [-0.25, -0.2) is 4.39 Å². The number of fused-ring (bicyclic) bond motifs is 1. The Hall–Kier alpha value is -3.14. The summed E-state index contributed by atoms with van der Waals surface area (Å²) in [4.78, 5) is 15.1. The van der Waals surface area contributed by atoms with Crippen LogP contribution in [0.5, 0.6) is 0 Å². The number of aryl methyl sites for hydroxylation is 1. The molecule has 0 spiro atoms. The second-order valence-electron chi connectivity index (χ2n) is 10.1. The van der Waals surface area contributed by atoms with Gasteiger partial charge in [0.2, 0.25) is 0 Å². The lowest BCUT2D eigenvalue weighted by Crippen LogP contribution is -2.33. The van der Waals surface area contributed by atoms with Crippen molar-refractivity contribution >= 4 is 11.5 Å². The second-order valence-corrected chi connectivity index (χ2v) is 10.1. The van der Waals surface area contributed by atoms with Crippen LogP contribution in [0.3, 0.4) is 0 Å². The van der Waals surface area contributed by atoms with Gasteiger partial charge in [0.1, 0.15) is 11.5 Å². The van der Waals surface area contributed by atoms with Crippen LogP contribution < -0.4 is 5.32 Å². The first-order valence-electron chi connectivity index (χ1n) is 12.8. The van der Waals surface area contributed by atoms with Gasteiger partial charge in [-0.05, 0) is 110 Å². The van der Waals surface area contributed by atoms with E-state index in [1.54, 1.807) is 13.0 Å². The Bertz CT molecular complexity index is 1190. The molecule has 2 aliphatic heterocycles. The van der Waals surface area contributed by atoms with E-state index in [-0.39, 0.29) is 11.7 Å². The molecule has 0 radical (unpaired) electrons. The highest BCUT2D eigenvalue weighted by Gasteiger charge is 2.30. The summed E-state index contributed by atoms with van der Waals surface area (Å²) < 4.78 is 14.0. The van der Waals surface area contributed by atoms with Crippen molar-refractivity contribution in [1.82, 2.24) is 10.2 Å². The standard InChI is InChI=1S/C31H37FN2O/c1-6-16-33-31(35)30-9-7-8-20(2)29-15-12-26(19-34(29)30)27(13-10-24-17-21(24)3)23(5)25-11-14-28(32)22(4)18-25/h9-15,18-19,21,24H,6-8,16-17H2,1-5H3,(H,33,35)/b13-10-,27-23-. The first-order chi connectivity index (χ1) is 16.8. The molecule has 1 fully saturated rings. The Balaban J connectivity index is 1.79. The fraction of sp³-hybridized carbons (Fsp3) is 0.387. The summed E-state index contributed by atoms with van der Waals surface area (Å²) in [6.07, 6.45) is 16.8. The van der Waals surface area contributed by atoms with Crippen molar-refractivity contribution in [2.75, 3.05) is 6.54 Å². The van der Waals surface area contributed by atoms with Crippen LogP contribution in [0.1, 0.15) is 64.5 Å². The average molecular weight is 473 g/mol. The van der Waals surface area contributed by atoms with Crippen LogP contribution >= 0.6 is 0 Å². The third-order valence-electron chi connectivity index (χ3n) is 7.26. The van der Waals surface area contributed by atoms with Gasteiger partial charge in [-0.15, -0.1) is 0 Å². The zero-order chi connectivity index (χ0) is 25.1. The number of halogens is 1. The van der Waals surface area contributed by atoms with Crippen molar-refractivity contribution < 1.29 is 9.18 Å². The molecule has 1 N–H and O–H groups in total. The van der Waals surface area contributed by atoms with E-state index in [1.807, 2.05) is 12.1 Å². The fourth-order valence-corrected chi connectivity index (χ4v) is 4.70. The second kappa shape index (κ2) is 10.6. The highest BCUT2D eigenvalue weighted by molar-refractivity contribution is 5.93. The lowest BCUT2D eigenvalue weighted by atomic mass is 9.92. The van der Waals surface area contributed by atoms with Crippen LogP contribution in [0.15, 0.2) is 82.9 Å². The molecular weight excluding hydrogens is 435 g/mol. The van der Waals surface area contributed by atoms with Gasteiger partial charge >= 0.3 is 0 Å². The maximum atomic E-state index is 14.0. The minimum absolute atomic E-state index is 0.0382. The molecule has 3 aliphatic rings. The topological polar surface area (TPSA) is 32.3 Å². The Kier molecular flexibility index (Phi) is 7.59. The maximum Gasteiger partial charge on any atom is 0.267 e. The van der Waals surface area contributed by atoms with Gasteiger partial charge in [0.05, 0.1) is 0 Å². The molecule has 0 bridgehead atoms. The summed E-state index contributed by atoms with van der Waals surface area (Å²) in [6, 6.07) is 5.31. The monoisotopic (exact) mass is 472 g/mol. The number of carbonyl (C=O) groups excluding carboxylic acids is 1. The van der Waals surface area contributed by atoms with Crippen molar-refractivity contribution in [2.24, 2.45) is 11.8 Å². The summed E-state index contributed by atoms with van der Waals surface area (Å²) in [5, 5.41) is 3.05. The largest absolute Gasteiger partial charge is 0.351 e. The van der Waals surface area contributed by atoms with E-state index in [0.29, 0.717) is 23.7 Å². The van der Waals surface area contributed by atoms with Crippen LogP contribution in [0.2, 0.25) is 0 Å². The highest BCUT2D eigenvalue weighted by Crippen LogP contribution is 2.40. The molecule has 1 aliphatic carbocycles. The third kappa shape index (κ3) is 5.58. The molecule has 0 saturated heterocycles. The SMILES string of the molecule is CCCNC(=O)C1=CCCC(C)=C2C=CC(C(/C=C\C3CC3C)=C(/C)c3ccc(F)c(C)c3)=CN12. The number of nitrogens with one attached hydrogen (secondary N) is 1. The minimum Gasteiger partial charge on any atom is -0.351 e. The van der Waals surface area contributed by atoms with E-state index in [1.165, 1.54) is 12.0 Å². The lowest BCUT2D eigenvalue weighted by molar-refractivity contribution is -0.118. The number of nitrogens with zero attached hydrogens (tertiary/aromatic N) is 1. The molecule has 4 rings (SSSR count). The first-order valence-corrected chi connectivity index (χ1v) is 12.8. The van der Waals surface area contributed by atoms with E-state index in [4.69, 9.17) is 0 Å². The zero-order valence-electron chi connectivity index (χ0n) is 21.6. The van der Waals surface area contributed by atoms with Crippen LogP contribution in [-0.2, 0) is 4.79 Å². The number of amides is 1. The Morgan fingerprint density at radius 3 is 2.71 bits per heavy atom. The molecule has 3 nitrogen and oxygen atoms in total. The molecule has 35 heavy (non-hydrogen) atoms. The first kappa shape index (κ1) is 25.0. The minimum atomic E-state index is -0.190. The van der Waals surface area contributed by atoms with Gasteiger partial charge in [0.15, 0.2) is 0 Å². The molecule has 1 aromatic rings. The van der Waals surface area contributed by atoms with Crippen LogP contribution in [-0.4, -0.2) is 17.4 Å². The number of carbonyl (C=O) groups is 1. The number of allylic oxidation sites excluding steroid dienone is 9. The lowest BCUT2D eigenvalue weighted by Gasteiger charge is -2.29. The number of hydrogen-bond donors (Lipinski definition) is 1.